The molecule has 2 aliphatic rings. The molecule has 0 saturated carbocycles. The first-order chi connectivity index (χ1) is 16.2. The molecule has 5 rings (SSSR count). The van der Waals surface area contributed by atoms with Crippen molar-refractivity contribution in [2.75, 3.05) is 31.0 Å². The Labute approximate surface area is 191 Å². The highest BCUT2D eigenvalue weighted by Crippen LogP contribution is 2.31. The van der Waals surface area contributed by atoms with Crippen molar-refractivity contribution in [2.45, 2.75) is 24.4 Å². The van der Waals surface area contributed by atoms with E-state index in [1.807, 2.05) is 48.5 Å². The Hall–Kier alpha value is -3.69. The Morgan fingerprint density at radius 3 is 2.58 bits per heavy atom. The van der Waals surface area contributed by atoms with Crippen LogP contribution in [0.15, 0.2) is 66.9 Å². The lowest BCUT2D eigenvalue weighted by Crippen LogP contribution is -2.38. The van der Waals surface area contributed by atoms with Crippen molar-refractivity contribution in [3.63, 3.8) is 0 Å². The van der Waals surface area contributed by atoms with Crippen LogP contribution in [-0.4, -0.2) is 60.7 Å². The average molecular weight is 448 g/mol. The van der Waals surface area contributed by atoms with E-state index >= 15 is 0 Å². The highest BCUT2D eigenvalue weighted by Gasteiger charge is 2.49. The number of aromatic nitrogens is 2. The second-order valence-electron chi connectivity index (χ2n) is 7.78. The number of para-hydroxylation sites is 1. The van der Waals surface area contributed by atoms with Crippen LogP contribution in [0, 0.1) is 0 Å². The SMILES string of the molecule is COc1ccc(-c2ccnc(NC3COC4C(OC(=O)Nc5ccccc5)COC34)n2)cc1. The molecule has 0 radical (unpaired) electrons. The van der Waals surface area contributed by atoms with Crippen LogP contribution in [0.25, 0.3) is 11.3 Å². The summed E-state index contributed by atoms with van der Waals surface area (Å²) in [7, 11) is 1.63. The van der Waals surface area contributed by atoms with Gasteiger partial charge in [0.05, 0.1) is 32.1 Å². The van der Waals surface area contributed by atoms with Gasteiger partial charge < -0.3 is 24.3 Å². The van der Waals surface area contributed by atoms with Crippen molar-refractivity contribution >= 4 is 17.7 Å². The summed E-state index contributed by atoms with van der Waals surface area (Å²) in [4.78, 5) is 21.2. The van der Waals surface area contributed by atoms with Crippen LogP contribution in [0.5, 0.6) is 5.75 Å². The van der Waals surface area contributed by atoms with Crippen LogP contribution in [0.1, 0.15) is 0 Å². The largest absolute Gasteiger partial charge is 0.497 e. The monoisotopic (exact) mass is 448 g/mol. The molecule has 2 fully saturated rings. The van der Waals surface area contributed by atoms with Crippen molar-refractivity contribution in [1.29, 1.82) is 0 Å². The maximum Gasteiger partial charge on any atom is 0.412 e. The summed E-state index contributed by atoms with van der Waals surface area (Å²) in [6.45, 7) is 0.661. The van der Waals surface area contributed by atoms with E-state index in [4.69, 9.17) is 18.9 Å². The molecule has 0 aliphatic carbocycles. The van der Waals surface area contributed by atoms with Crippen LogP contribution in [0.4, 0.5) is 16.4 Å². The van der Waals surface area contributed by atoms with Gasteiger partial charge in [0.25, 0.3) is 0 Å². The number of carbonyl (C=O) groups excluding carboxylic acids is 1. The van der Waals surface area contributed by atoms with Gasteiger partial charge in [-0.2, -0.15) is 0 Å². The van der Waals surface area contributed by atoms with E-state index in [9.17, 15) is 4.79 Å². The summed E-state index contributed by atoms with van der Waals surface area (Å²) in [5.74, 6) is 1.26. The third-order valence-corrected chi connectivity index (χ3v) is 5.64. The minimum Gasteiger partial charge on any atom is -0.497 e. The predicted molar refractivity (Wildman–Crippen MR) is 121 cm³/mol. The molecule has 0 spiro atoms. The summed E-state index contributed by atoms with van der Waals surface area (Å²) in [6, 6.07) is 18.5. The minimum absolute atomic E-state index is 0.160. The van der Waals surface area contributed by atoms with Crippen LogP contribution in [0.3, 0.4) is 0 Å². The zero-order chi connectivity index (χ0) is 22.6. The second-order valence-corrected chi connectivity index (χ2v) is 7.78. The molecule has 2 aliphatic heterocycles. The smallest absolute Gasteiger partial charge is 0.412 e. The lowest BCUT2D eigenvalue weighted by molar-refractivity contribution is 0.00917. The van der Waals surface area contributed by atoms with Crippen molar-refractivity contribution in [2.24, 2.45) is 0 Å². The zero-order valence-electron chi connectivity index (χ0n) is 18.0. The van der Waals surface area contributed by atoms with Gasteiger partial charge in [-0.1, -0.05) is 18.2 Å². The maximum absolute atomic E-state index is 12.3. The average Bonchev–Trinajstić information content (AvgIpc) is 3.43. The van der Waals surface area contributed by atoms with Crippen molar-refractivity contribution in [1.82, 2.24) is 9.97 Å². The number of nitrogens with zero attached hydrogens (tertiary/aromatic N) is 2. The van der Waals surface area contributed by atoms with Crippen LogP contribution in [0.2, 0.25) is 0 Å². The summed E-state index contributed by atoms with van der Waals surface area (Å²) in [5, 5.41) is 6.02. The first-order valence-electron chi connectivity index (χ1n) is 10.7. The van der Waals surface area contributed by atoms with E-state index in [0.717, 1.165) is 17.0 Å². The molecular weight excluding hydrogens is 424 g/mol. The molecule has 1 amide bonds. The third-order valence-electron chi connectivity index (χ3n) is 5.64. The molecule has 9 heteroatoms. The number of fused-ring (bicyclic) bond motifs is 1. The van der Waals surface area contributed by atoms with Crippen LogP contribution < -0.4 is 15.4 Å². The minimum atomic E-state index is -0.536. The molecule has 170 valence electrons. The van der Waals surface area contributed by atoms with Gasteiger partial charge in [0.15, 0.2) is 6.10 Å². The lowest BCUT2D eigenvalue weighted by Gasteiger charge is -2.18. The number of benzene rings is 2. The highest BCUT2D eigenvalue weighted by molar-refractivity contribution is 5.84. The number of hydrogen-bond donors (Lipinski definition) is 2. The van der Waals surface area contributed by atoms with E-state index in [1.165, 1.54) is 0 Å². The van der Waals surface area contributed by atoms with Gasteiger partial charge in [-0.25, -0.2) is 14.8 Å². The summed E-state index contributed by atoms with van der Waals surface area (Å²) in [5.41, 5.74) is 2.41. The van der Waals surface area contributed by atoms with Crippen molar-refractivity contribution in [3.8, 4) is 17.0 Å². The number of rotatable bonds is 6. The molecule has 0 bridgehead atoms. The normalized spacial score (nSPS) is 23.5. The number of methoxy groups -OCH3 is 1. The molecule has 9 nitrogen and oxygen atoms in total. The molecule has 3 aromatic rings. The van der Waals surface area contributed by atoms with E-state index in [-0.39, 0.29) is 24.9 Å². The second kappa shape index (κ2) is 9.43. The summed E-state index contributed by atoms with van der Waals surface area (Å²) >= 11 is 0. The summed E-state index contributed by atoms with van der Waals surface area (Å²) < 4.78 is 22.6. The fourth-order valence-electron chi connectivity index (χ4n) is 4.01. The van der Waals surface area contributed by atoms with Crippen LogP contribution >= 0.6 is 0 Å². The van der Waals surface area contributed by atoms with E-state index < -0.39 is 12.2 Å². The van der Waals surface area contributed by atoms with Gasteiger partial charge in [0.2, 0.25) is 5.95 Å². The molecule has 1 aromatic heterocycles. The Bertz CT molecular complexity index is 1100. The van der Waals surface area contributed by atoms with E-state index in [2.05, 4.69) is 20.6 Å². The van der Waals surface area contributed by atoms with E-state index in [0.29, 0.717) is 18.2 Å². The lowest BCUT2D eigenvalue weighted by atomic mass is 10.1. The molecule has 4 unspecified atom stereocenters. The number of anilines is 2. The molecule has 2 N–H and O–H groups in total. The zero-order valence-corrected chi connectivity index (χ0v) is 18.0. The molecule has 3 heterocycles. The standard InChI is InChI=1S/C24H24N4O5/c1-30-17-9-7-15(8-10-17)18-11-12-25-23(27-18)28-19-13-31-22-20(14-32-21(19)22)33-24(29)26-16-5-3-2-4-6-16/h2-12,19-22H,13-14H2,1H3,(H,26,29)(H,25,27,28). The maximum atomic E-state index is 12.3. The Kier molecular flexibility index (Phi) is 6.05. The molecule has 33 heavy (non-hydrogen) atoms. The van der Waals surface area contributed by atoms with Gasteiger partial charge in [0, 0.05) is 17.4 Å². The number of hydrogen-bond acceptors (Lipinski definition) is 8. The van der Waals surface area contributed by atoms with Gasteiger partial charge in [-0.05, 0) is 42.5 Å². The molecule has 4 atom stereocenters. The number of ether oxygens (including phenoxy) is 4. The van der Waals surface area contributed by atoms with Crippen molar-refractivity contribution in [3.05, 3.63) is 66.9 Å². The van der Waals surface area contributed by atoms with E-state index in [1.54, 1.807) is 25.4 Å². The van der Waals surface area contributed by atoms with Crippen molar-refractivity contribution < 1.29 is 23.7 Å². The number of nitrogens with one attached hydrogen (secondary N) is 2. The third kappa shape index (κ3) is 4.74. The van der Waals surface area contributed by atoms with Gasteiger partial charge in [-0.15, -0.1) is 0 Å². The first kappa shape index (κ1) is 21.2. The summed E-state index contributed by atoms with van der Waals surface area (Å²) in [6.07, 6.45) is 0.0574. The van der Waals surface area contributed by atoms with Crippen LogP contribution in [-0.2, 0) is 14.2 Å². The quantitative estimate of drug-likeness (QED) is 0.592. The molecular formula is C24H24N4O5. The predicted octanol–water partition coefficient (Wildman–Crippen LogP) is 3.35. The first-order valence-corrected chi connectivity index (χ1v) is 10.7. The van der Waals surface area contributed by atoms with Gasteiger partial charge in [0.1, 0.15) is 18.0 Å². The molecule has 2 aromatic carbocycles. The fraction of sp³-hybridized carbons (Fsp3) is 0.292. The Morgan fingerprint density at radius 1 is 1.00 bits per heavy atom. The Morgan fingerprint density at radius 2 is 1.79 bits per heavy atom. The number of amides is 1. The van der Waals surface area contributed by atoms with Gasteiger partial charge >= 0.3 is 6.09 Å². The topological polar surface area (TPSA) is 104 Å². The fourth-order valence-corrected chi connectivity index (χ4v) is 4.01. The highest BCUT2D eigenvalue weighted by atomic mass is 16.6. The Balaban J connectivity index is 1.20. The number of carbonyl (C=O) groups is 1. The molecule has 2 saturated heterocycles. The van der Waals surface area contributed by atoms with Gasteiger partial charge in [-0.3, -0.25) is 5.32 Å².